The Morgan fingerprint density at radius 3 is 2.46 bits per heavy atom. The van der Waals surface area contributed by atoms with Gasteiger partial charge in [-0.15, -0.1) is 0 Å². The van der Waals surface area contributed by atoms with Crippen LogP contribution in [0.15, 0.2) is 16.5 Å². The Balaban J connectivity index is 1.91. The summed E-state index contributed by atoms with van der Waals surface area (Å²) >= 11 is 0. The van der Waals surface area contributed by atoms with E-state index in [0.717, 1.165) is 66.2 Å². The van der Waals surface area contributed by atoms with Crippen LogP contribution in [0.25, 0.3) is 16.9 Å². The van der Waals surface area contributed by atoms with E-state index in [1.54, 1.807) is 0 Å². The van der Waals surface area contributed by atoms with Crippen molar-refractivity contribution in [3.05, 3.63) is 34.9 Å². The Labute approximate surface area is 141 Å². The molecule has 24 heavy (non-hydrogen) atoms. The van der Waals surface area contributed by atoms with Crippen molar-refractivity contribution in [2.24, 2.45) is 0 Å². The van der Waals surface area contributed by atoms with E-state index in [0.29, 0.717) is 0 Å². The Morgan fingerprint density at radius 2 is 1.79 bits per heavy atom. The van der Waals surface area contributed by atoms with Gasteiger partial charge in [-0.3, -0.25) is 0 Å². The highest BCUT2D eigenvalue weighted by Gasteiger charge is 2.21. The number of aromatic nitrogens is 3. The first-order valence-electron chi connectivity index (χ1n) is 8.31. The maximum Gasteiger partial charge on any atom is 0.158 e. The molecule has 0 amide bonds. The van der Waals surface area contributed by atoms with Gasteiger partial charge in [0.1, 0.15) is 17.3 Å². The summed E-state index contributed by atoms with van der Waals surface area (Å²) in [6.07, 6.45) is 0. The van der Waals surface area contributed by atoms with Crippen molar-refractivity contribution in [1.29, 1.82) is 0 Å². The second-order valence-corrected chi connectivity index (χ2v) is 6.37. The van der Waals surface area contributed by atoms with Gasteiger partial charge in [0.05, 0.1) is 18.9 Å². The van der Waals surface area contributed by atoms with Crippen molar-refractivity contribution in [2.75, 3.05) is 31.2 Å². The van der Waals surface area contributed by atoms with Gasteiger partial charge in [0, 0.05) is 36.0 Å². The van der Waals surface area contributed by atoms with Crippen molar-refractivity contribution in [1.82, 2.24) is 14.6 Å². The number of aryl methyl sites for hydroxylation is 3. The first kappa shape index (κ1) is 15.2. The third kappa shape index (κ3) is 2.38. The van der Waals surface area contributed by atoms with Gasteiger partial charge in [-0.1, -0.05) is 0 Å². The molecule has 4 heterocycles. The molecule has 4 rings (SSSR count). The third-order valence-corrected chi connectivity index (χ3v) is 4.68. The number of ether oxygens (including phenoxy) is 1. The molecule has 0 spiro atoms. The molecule has 6 heteroatoms. The minimum Gasteiger partial charge on any atom is -0.466 e. The van der Waals surface area contributed by atoms with Gasteiger partial charge >= 0.3 is 0 Å². The van der Waals surface area contributed by atoms with E-state index in [2.05, 4.69) is 18.7 Å². The standard InChI is InChI=1S/C18H22N4O2/c1-11-9-15(14(4)24-11)16-10-17-19-13(3)12(2)18(22(17)20-16)21-5-7-23-8-6-21/h9-10H,5-8H2,1-4H3. The lowest BCUT2D eigenvalue weighted by atomic mass is 10.2. The first-order chi connectivity index (χ1) is 11.5. The number of fused-ring (bicyclic) bond motifs is 1. The lowest BCUT2D eigenvalue weighted by Gasteiger charge is -2.30. The molecule has 0 saturated carbocycles. The summed E-state index contributed by atoms with van der Waals surface area (Å²) in [6.45, 7) is 11.3. The molecule has 3 aromatic heterocycles. The average molecular weight is 326 g/mol. The summed E-state index contributed by atoms with van der Waals surface area (Å²) in [7, 11) is 0. The molecule has 3 aromatic rings. The maximum atomic E-state index is 5.66. The molecule has 0 bridgehead atoms. The summed E-state index contributed by atoms with van der Waals surface area (Å²) in [5.74, 6) is 2.90. The van der Waals surface area contributed by atoms with Gasteiger partial charge in [-0.2, -0.15) is 9.61 Å². The Morgan fingerprint density at radius 1 is 1.04 bits per heavy atom. The van der Waals surface area contributed by atoms with Crippen LogP contribution in [-0.4, -0.2) is 40.9 Å². The van der Waals surface area contributed by atoms with Crippen molar-refractivity contribution in [2.45, 2.75) is 27.7 Å². The second-order valence-electron chi connectivity index (χ2n) is 6.37. The van der Waals surface area contributed by atoms with Gasteiger partial charge in [0.15, 0.2) is 5.65 Å². The molecule has 1 saturated heterocycles. The van der Waals surface area contributed by atoms with Gasteiger partial charge in [0.2, 0.25) is 0 Å². The number of hydrogen-bond donors (Lipinski definition) is 0. The fraction of sp³-hybridized carbons (Fsp3) is 0.444. The molecule has 0 aromatic carbocycles. The number of nitrogens with zero attached hydrogens (tertiary/aromatic N) is 4. The van der Waals surface area contributed by atoms with Gasteiger partial charge in [0.25, 0.3) is 0 Å². The molecule has 1 fully saturated rings. The fourth-order valence-electron chi connectivity index (χ4n) is 3.35. The van der Waals surface area contributed by atoms with Crippen molar-refractivity contribution in [3.63, 3.8) is 0 Å². The zero-order chi connectivity index (χ0) is 16.8. The van der Waals surface area contributed by atoms with Crippen LogP contribution in [0.4, 0.5) is 5.82 Å². The lowest BCUT2D eigenvalue weighted by Crippen LogP contribution is -2.38. The Kier molecular flexibility index (Phi) is 3.57. The lowest BCUT2D eigenvalue weighted by molar-refractivity contribution is 0.122. The summed E-state index contributed by atoms with van der Waals surface area (Å²) in [4.78, 5) is 7.06. The molecule has 0 N–H and O–H groups in total. The second kappa shape index (κ2) is 5.63. The van der Waals surface area contributed by atoms with Gasteiger partial charge < -0.3 is 14.1 Å². The van der Waals surface area contributed by atoms with Gasteiger partial charge in [-0.05, 0) is 33.8 Å². The van der Waals surface area contributed by atoms with Crippen LogP contribution in [0.3, 0.4) is 0 Å². The van der Waals surface area contributed by atoms with E-state index in [9.17, 15) is 0 Å². The predicted octanol–water partition coefficient (Wildman–Crippen LogP) is 3.06. The normalized spacial score (nSPS) is 15.4. The largest absolute Gasteiger partial charge is 0.466 e. The number of furan rings is 1. The van der Waals surface area contributed by atoms with Crippen molar-refractivity contribution < 1.29 is 9.15 Å². The highest BCUT2D eigenvalue weighted by Crippen LogP contribution is 2.30. The van der Waals surface area contributed by atoms with E-state index in [1.165, 1.54) is 5.56 Å². The zero-order valence-electron chi connectivity index (χ0n) is 14.6. The molecule has 0 radical (unpaired) electrons. The van der Waals surface area contributed by atoms with Crippen LogP contribution >= 0.6 is 0 Å². The molecular weight excluding hydrogens is 304 g/mol. The first-order valence-corrected chi connectivity index (χ1v) is 8.31. The minimum atomic E-state index is 0.746. The molecule has 0 unspecified atom stereocenters. The Bertz CT molecular complexity index is 904. The summed E-state index contributed by atoms with van der Waals surface area (Å²) in [6, 6.07) is 4.07. The zero-order valence-corrected chi connectivity index (χ0v) is 14.6. The number of anilines is 1. The van der Waals surface area contributed by atoms with Crippen LogP contribution in [-0.2, 0) is 4.74 Å². The van der Waals surface area contributed by atoms with Crippen LogP contribution in [0.2, 0.25) is 0 Å². The number of morpholine rings is 1. The number of rotatable bonds is 2. The van der Waals surface area contributed by atoms with E-state index < -0.39 is 0 Å². The highest BCUT2D eigenvalue weighted by atomic mass is 16.5. The van der Waals surface area contributed by atoms with E-state index in [1.807, 2.05) is 30.5 Å². The Hall–Kier alpha value is -2.34. The topological polar surface area (TPSA) is 55.8 Å². The van der Waals surface area contributed by atoms with Crippen molar-refractivity contribution >= 4 is 11.5 Å². The summed E-state index contributed by atoms with van der Waals surface area (Å²) in [5.41, 5.74) is 5.00. The predicted molar refractivity (Wildman–Crippen MR) is 92.7 cm³/mol. The smallest absolute Gasteiger partial charge is 0.158 e. The van der Waals surface area contributed by atoms with Crippen LogP contribution < -0.4 is 4.90 Å². The molecule has 1 aliphatic heterocycles. The van der Waals surface area contributed by atoms with E-state index in [-0.39, 0.29) is 0 Å². The SMILES string of the molecule is Cc1cc(-c2cc3nc(C)c(C)c(N4CCOCC4)n3n2)c(C)o1. The maximum absolute atomic E-state index is 5.66. The monoisotopic (exact) mass is 326 g/mol. The third-order valence-electron chi connectivity index (χ3n) is 4.68. The molecule has 6 nitrogen and oxygen atoms in total. The van der Waals surface area contributed by atoms with Crippen molar-refractivity contribution in [3.8, 4) is 11.3 Å². The minimum absolute atomic E-state index is 0.746. The van der Waals surface area contributed by atoms with Crippen LogP contribution in [0.1, 0.15) is 22.8 Å². The number of hydrogen-bond acceptors (Lipinski definition) is 5. The van der Waals surface area contributed by atoms with Crippen LogP contribution in [0, 0.1) is 27.7 Å². The quantitative estimate of drug-likeness (QED) is 0.724. The molecule has 1 aliphatic rings. The molecule has 126 valence electrons. The average Bonchev–Trinajstić information content (AvgIpc) is 3.11. The van der Waals surface area contributed by atoms with Crippen LogP contribution in [0.5, 0.6) is 0 Å². The van der Waals surface area contributed by atoms with Gasteiger partial charge in [-0.25, -0.2) is 4.98 Å². The molecule has 0 atom stereocenters. The van der Waals surface area contributed by atoms with E-state index >= 15 is 0 Å². The summed E-state index contributed by atoms with van der Waals surface area (Å²) in [5, 5.41) is 4.85. The van der Waals surface area contributed by atoms with E-state index in [4.69, 9.17) is 19.2 Å². The molecule has 0 aliphatic carbocycles. The highest BCUT2D eigenvalue weighted by molar-refractivity contribution is 5.68. The summed E-state index contributed by atoms with van der Waals surface area (Å²) < 4.78 is 13.1. The molecular formula is C18H22N4O2. The fourth-order valence-corrected chi connectivity index (χ4v) is 3.35.